The van der Waals surface area contributed by atoms with E-state index in [1.54, 1.807) is 34.4 Å². The predicted molar refractivity (Wildman–Crippen MR) is 149 cm³/mol. The van der Waals surface area contributed by atoms with Gasteiger partial charge in [-0.25, -0.2) is 0 Å². The van der Waals surface area contributed by atoms with Crippen molar-refractivity contribution in [3.8, 4) is 0 Å². The van der Waals surface area contributed by atoms with Gasteiger partial charge in [0, 0.05) is 23.5 Å². The van der Waals surface area contributed by atoms with Crippen LogP contribution in [0.5, 0.6) is 0 Å². The van der Waals surface area contributed by atoms with Crippen LogP contribution in [-0.2, 0) is 16.6 Å². The zero-order valence-corrected chi connectivity index (χ0v) is 23.5. The maximum Gasteiger partial charge on any atom is 0.254 e. The first kappa shape index (κ1) is 26.7. The summed E-state index contributed by atoms with van der Waals surface area (Å²) in [6, 6.07) is 15.4. The number of rotatable bonds is 6. The molecule has 3 aromatic rings. The maximum atomic E-state index is 13.8. The van der Waals surface area contributed by atoms with Crippen molar-refractivity contribution in [1.29, 1.82) is 0 Å². The topological polar surface area (TPSA) is 40.6 Å². The molecule has 190 valence electrons. The van der Waals surface area contributed by atoms with E-state index in [0.29, 0.717) is 28.7 Å². The Labute approximate surface area is 227 Å². The van der Waals surface area contributed by atoms with Gasteiger partial charge in [-0.15, -0.1) is 11.3 Å². The highest BCUT2D eigenvalue weighted by Crippen LogP contribution is 2.38. The second kappa shape index (κ2) is 11.0. The SMILES string of the molecule is CCCN(CC(=O)N1CCc2sccc2[C@@H]1c1ccc(C(C)(C)C)cc1)C(=O)c1ccc(Cl)c(Cl)c1. The molecule has 1 aromatic heterocycles. The summed E-state index contributed by atoms with van der Waals surface area (Å²) in [7, 11) is 0. The van der Waals surface area contributed by atoms with E-state index in [1.165, 1.54) is 16.0 Å². The van der Waals surface area contributed by atoms with Crippen molar-refractivity contribution in [1.82, 2.24) is 9.80 Å². The van der Waals surface area contributed by atoms with E-state index in [0.717, 1.165) is 18.4 Å². The largest absolute Gasteiger partial charge is 0.330 e. The molecule has 2 amide bonds. The van der Waals surface area contributed by atoms with Crippen LogP contribution in [0.25, 0.3) is 0 Å². The Bertz CT molecular complexity index is 1250. The number of fused-ring (bicyclic) bond motifs is 1. The van der Waals surface area contributed by atoms with Crippen molar-refractivity contribution in [2.24, 2.45) is 0 Å². The summed E-state index contributed by atoms with van der Waals surface area (Å²) >= 11 is 13.9. The first-order valence-electron chi connectivity index (χ1n) is 12.3. The number of carbonyl (C=O) groups is 2. The molecule has 0 aliphatic carbocycles. The van der Waals surface area contributed by atoms with Gasteiger partial charge >= 0.3 is 0 Å². The monoisotopic (exact) mass is 542 g/mol. The van der Waals surface area contributed by atoms with Gasteiger partial charge < -0.3 is 9.80 Å². The molecule has 2 aromatic carbocycles. The van der Waals surface area contributed by atoms with Gasteiger partial charge in [0.2, 0.25) is 5.91 Å². The molecule has 0 bridgehead atoms. The average molecular weight is 544 g/mol. The molecule has 0 unspecified atom stereocenters. The molecule has 1 aliphatic heterocycles. The van der Waals surface area contributed by atoms with Crippen molar-refractivity contribution in [2.75, 3.05) is 19.6 Å². The second-order valence-corrected chi connectivity index (χ2v) is 12.1. The van der Waals surface area contributed by atoms with Crippen LogP contribution in [0.2, 0.25) is 10.0 Å². The lowest BCUT2D eigenvalue weighted by Crippen LogP contribution is -2.47. The zero-order chi connectivity index (χ0) is 26.0. The minimum atomic E-state index is -0.219. The standard InChI is InChI=1S/C29H32Cl2N2O2S/c1-5-14-32(28(35)20-8-11-23(30)24(31)17-20)18-26(34)33-15-12-25-22(13-16-36-25)27(33)19-6-9-21(10-7-19)29(2,3)4/h6-11,13,16-17,27H,5,12,14-15,18H2,1-4H3/t27-/m0/s1. The highest BCUT2D eigenvalue weighted by atomic mass is 35.5. The molecule has 0 radical (unpaired) electrons. The fourth-order valence-electron chi connectivity index (χ4n) is 4.70. The Morgan fingerprint density at radius 1 is 1.06 bits per heavy atom. The zero-order valence-electron chi connectivity index (χ0n) is 21.2. The highest BCUT2D eigenvalue weighted by molar-refractivity contribution is 7.10. The first-order chi connectivity index (χ1) is 17.1. The normalized spacial score (nSPS) is 15.5. The van der Waals surface area contributed by atoms with Gasteiger partial charge in [0.1, 0.15) is 6.54 Å². The number of hydrogen-bond acceptors (Lipinski definition) is 3. The lowest BCUT2D eigenvalue weighted by atomic mass is 9.85. The van der Waals surface area contributed by atoms with Gasteiger partial charge in [-0.3, -0.25) is 9.59 Å². The van der Waals surface area contributed by atoms with Crippen LogP contribution in [0.15, 0.2) is 53.9 Å². The third kappa shape index (κ3) is 5.64. The number of carbonyl (C=O) groups excluding carboxylic acids is 2. The van der Waals surface area contributed by atoms with Crippen LogP contribution >= 0.6 is 34.5 Å². The molecule has 0 fully saturated rings. The molecule has 4 rings (SSSR count). The third-order valence-corrected chi connectivity index (χ3v) is 8.39. The van der Waals surface area contributed by atoms with Crippen LogP contribution < -0.4 is 0 Å². The Morgan fingerprint density at radius 3 is 2.42 bits per heavy atom. The molecule has 0 saturated heterocycles. The van der Waals surface area contributed by atoms with Gasteiger partial charge in [0.25, 0.3) is 5.91 Å². The molecule has 0 saturated carbocycles. The van der Waals surface area contributed by atoms with E-state index >= 15 is 0 Å². The second-order valence-electron chi connectivity index (χ2n) is 10.3. The molecule has 0 N–H and O–H groups in total. The van der Waals surface area contributed by atoms with Crippen LogP contribution in [-0.4, -0.2) is 41.2 Å². The van der Waals surface area contributed by atoms with Gasteiger partial charge in [-0.2, -0.15) is 0 Å². The van der Waals surface area contributed by atoms with Crippen molar-refractivity contribution < 1.29 is 9.59 Å². The number of thiophene rings is 1. The van der Waals surface area contributed by atoms with Crippen LogP contribution in [0, 0.1) is 0 Å². The van der Waals surface area contributed by atoms with Gasteiger partial charge in [0.05, 0.1) is 16.1 Å². The van der Waals surface area contributed by atoms with E-state index in [9.17, 15) is 9.59 Å². The van der Waals surface area contributed by atoms with Crippen molar-refractivity contribution in [2.45, 2.75) is 52.0 Å². The summed E-state index contributed by atoms with van der Waals surface area (Å²) in [5, 5.41) is 2.82. The number of nitrogens with zero attached hydrogens (tertiary/aromatic N) is 2. The van der Waals surface area contributed by atoms with E-state index < -0.39 is 0 Å². The van der Waals surface area contributed by atoms with Gasteiger partial charge in [0.15, 0.2) is 0 Å². The van der Waals surface area contributed by atoms with Crippen molar-refractivity contribution >= 4 is 46.4 Å². The fraction of sp³-hybridized carbons (Fsp3) is 0.379. The van der Waals surface area contributed by atoms with Crippen molar-refractivity contribution in [3.05, 3.63) is 91.1 Å². The quantitative estimate of drug-likeness (QED) is 0.326. The minimum Gasteiger partial charge on any atom is -0.330 e. The first-order valence-corrected chi connectivity index (χ1v) is 13.9. The number of benzene rings is 2. The van der Waals surface area contributed by atoms with Crippen LogP contribution in [0.3, 0.4) is 0 Å². The molecule has 2 heterocycles. The van der Waals surface area contributed by atoms with E-state index in [1.807, 2.05) is 11.8 Å². The maximum absolute atomic E-state index is 13.8. The minimum absolute atomic E-state index is 0.0168. The lowest BCUT2D eigenvalue weighted by Gasteiger charge is -2.38. The summed E-state index contributed by atoms with van der Waals surface area (Å²) in [5.41, 5.74) is 4.01. The van der Waals surface area contributed by atoms with E-state index in [2.05, 4.69) is 56.5 Å². The van der Waals surface area contributed by atoms with Gasteiger partial charge in [-0.05, 0) is 64.6 Å². The van der Waals surface area contributed by atoms with E-state index in [-0.39, 0.29) is 29.8 Å². The number of halogens is 2. The van der Waals surface area contributed by atoms with Crippen molar-refractivity contribution in [3.63, 3.8) is 0 Å². The highest BCUT2D eigenvalue weighted by Gasteiger charge is 2.34. The molecular weight excluding hydrogens is 511 g/mol. The molecule has 36 heavy (non-hydrogen) atoms. The lowest BCUT2D eigenvalue weighted by molar-refractivity contribution is -0.134. The Hall–Kier alpha value is -2.34. The average Bonchev–Trinajstić information content (AvgIpc) is 3.33. The third-order valence-electron chi connectivity index (χ3n) is 6.65. The summed E-state index contributed by atoms with van der Waals surface area (Å²) < 4.78 is 0. The van der Waals surface area contributed by atoms with Crippen LogP contribution in [0.4, 0.5) is 0 Å². The molecule has 1 aliphatic rings. The molecular formula is C29H32Cl2N2O2S. The molecule has 0 spiro atoms. The summed E-state index contributed by atoms with van der Waals surface area (Å²) in [5.74, 6) is -0.276. The van der Waals surface area contributed by atoms with Gasteiger partial charge in [-0.1, -0.05) is 75.2 Å². The predicted octanol–water partition coefficient (Wildman–Crippen LogP) is 7.38. The Balaban J connectivity index is 1.62. The molecule has 4 nitrogen and oxygen atoms in total. The van der Waals surface area contributed by atoms with Crippen LogP contribution in [0.1, 0.15) is 72.1 Å². The fourth-order valence-corrected chi connectivity index (χ4v) is 5.90. The summed E-state index contributed by atoms with van der Waals surface area (Å²) in [4.78, 5) is 32.0. The Morgan fingerprint density at radius 2 is 1.78 bits per heavy atom. The molecule has 1 atom stereocenters. The summed E-state index contributed by atoms with van der Waals surface area (Å²) in [6.07, 6.45) is 1.57. The summed E-state index contributed by atoms with van der Waals surface area (Å²) in [6.45, 7) is 9.71. The van der Waals surface area contributed by atoms with E-state index in [4.69, 9.17) is 23.2 Å². The number of amides is 2. The smallest absolute Gasteiger partial charge is 0.254 e. The Kier molecular flexibility index (Phi) is 8.13. The number of hydrogen-bond donors (Lipinski definition) is 0. The molecule has 7 heteroatoms.